The molecule has 1 aromatic heterocycles. The van der Waals surface area contributed by atoms with Gasteiger partial charge in [-0.1, -0.05) is 0 Å². The van der Waals surface area contributed by atoms with Gasteiger partial charge in [-0.15, -0.1) is 11.3 Å². The fourth-order valence-corrected chi connectivity index (χ4v) is 3.55. The minimum absolute atomic E-state index is 0.324. The summed E-state index contributed by atoms with van der Waals surface area (Å²) in [6, 6.07) is 3.51. The van der Waals surface area contributed by atoms with Crippen LogP contribution >= 0.6 is 11.3 Å². The second kappa shape index (κ2) is 3.18. The molecule has 0 saturated heterocycles. The Labute approximate surface area is 77.2 Å². The van der Waals surface area contributed by atoms with E-state index in [1.54, 1.807) is 19.9 Å². The van der Waals surface area contributed by atoms with Crippen LogP contribution in [0.2, 0.25) is 0 Å². The highest BCUT2D eigenvalue weighted by Gasteiger charge is 2.20. The Kier molecular flexibility index (Phi) is 2.58. The molecular weight excluding hydrogens is 192 g/mol. The van der Waals surface area contributed by atoms with E-state index in [0.29, 0.717) is 4.21 Å². The van der Waals surface area contributed by atoms with E-state index in [4.69, 9.17) is 0 Å². The Balaban J connectivity index is 3.15. The number of rotatable bonds is 2. The second-order valence-corrected chi connectivity index (χ2v) is 6.98. The van der Waals surface area contributed by atoms with Gasteiger partial charge in [0.15, 0.2) is 9.84 Å². The smallest absolute Gasteiger partial charge is 0.190 e. The largest absolute Gasteiger partial charge is 0.223 e. The minimum atomic E-state index is -3.04. The van der Waals surface area contributed by atoms with E-state index in [-0.39, 0.29) is 5.25 Å². The monoisotopic (exact) mass is 204 g/mol. The van der Waals surface area contributed by atoms with Crippen molar-refractivity contribution in [3.8, 4) is 0 Å². The molecule has 0 atom stereocenters. The summed E-state index contributed by atoms with van der Waals surface area (Å²) in [7, 11) is -3.04. The van der Waals surface area contributed by atoms with Crippen LogP contribution in [-0.2, 0) is 9.84 Å². The van der Waals surface area contributed by atoms with Gasteiger partial charge in [0.2, 0.25) is 0 Å². The molecular formula is C8H12O2S2. The van der Waals surface area contributed by atoms with Crippen LogP contribution < -0.4 is 0 Å². The SMILES string of the molecule is Cc1ccc(S(=O)(=O)C(C)C)s1. The lowest BCUT2D eigenvalue weighted by Crippen LogP contribution is -2.12. The Bertz CT molecular complexity index is 360. The third-order valence-corrected chi connectivity index (χ3v) is 5.30. The van der Waals surface area contributed by atoms with Gasteiger partial charge in [0, 0.05) is 4.88 Å². The standard InChI is InChI=1S/C8H12O2S2/c1-6(2)12(9,10)8-5-4-7(3)11-8/h4-6H,1-3H3. The van der Waals surface area contributed by atoms with Crippen LogP contribution in [0.3, 0.4) is 0 Å². The predicted molar refractivity (Wildman–Crippen MR) is 51.4 cm³/mol. The zero-order chi connectivity index (χ0) is 9.35. The van der Waals surface area contributed by atoms with Crippen LogP contribution in [-0.4, -0.2) is 13.7 Å². The summed E-state index contributed by atoms with van der Waals surface area (Å²) >= 11 is 1.34. The van der Waals surface area contributed by atoms with Gasteiger partial charge in [-0.25, -0.2) is 8.42 Å². The van der Waals surface area contributed by atoms with Gasteiger partial charge in [0.1, 0.15) is 4.21 Å². The lowest BCUT2D eigenvalue weighted by atomic mass is 10.5. The molecule has 0 radical (unpaired) electrons. The summed E-state index contributed by atoms with van der Waals surface area (Å²) in [6.07, 6.45) is 0. The van der Waals surface area contributed by atoms with E-state index in [1.165, 1.54) is 11.3 Å². The molecule has 1 aromatic rings. The Morgan fingerprint density at radius 1 is 1.33 bits per heavy atom. The quantitative estimate of drug-likeness (QED) is 0.740. The summed E-state index contributed by atoms with van der Waals surface area (Å²) < 4.78 is 23.6. The molecule has 68 valence electrons. The number of sulfone groups is 1. The van der Waals surface area contributed by atoms with Gasteiger partial charge in [0.05, 0.1) is 5.25 Å². The summed E-state index contributed by atoms with van der Waals surface area (Å²) in [5.74, 6) is 0. The van der Waals surface area contributed by atoms with Crippen LogP contribution in [0.5, 0.6) is 0 Å². The zero-order valence-electron chi connectivity index (χ0n) is 7.37. The topological polar surface area (TPSA) is 34.1 Å². The molecule has 1 rings (SSSR count). The summed E-state index contributed by atoms with van der Waals surface area (Å²) in [5.41, 5.74) is 0. The molecule has 0 aliphatic heterocycles. The van der Waals surface area contributed by atoms with Crippen LogP contribution in [0.4, 0.5) is 0 Å². The summed E-state index contributed by atoms with van der Waals surface area (Å²) in [4.78, 5) is 1.04. The molecule has 0 aliphatic rings. The molecule has 12 heavy (non-hydrogen) atoms. The van der Waals surface area contributed by atoms with Crippen molar-refractivity contribution in [1.29, 1.82) is 0 Å². The number of hydrogen-bond acceptors (Lipinski definition) is 3. The van der Waals surface area contributed by atoms with Crippen molar-refractivity contribution >= 4 is 21.2 Å². The van der Waals surface area contributed by atoms with Gasteiger partial charge in [0.25, 0.3) is 0 Å². The van der Waals surface area contributed by atoms with E-state index in [0.717, 1.165) is 4.88 Å². The molecule has 0 saturated carbocycles. The fraction of sp³-hybridized carbons (Fsp3) is 0.500. The first-order valence-electron chi connectivity index (χ1n) is 3.75. The van der Waals surface area contributed by atoms with Crippen LogP contribution in [0.25, 0.3) is 0 Å². The van der Waals surface area contributed by atoms with Crippen LogP contribution in [0.15, 0.2) is 16.3 Å². The van der Waals surface area contributed by atoms with Gasteiger partial charge in [-0.2, -0.15) is 0 Å². The van der Waals surface area contributed by atoms with E-state index in [1.807, 2.05) is 13.0 Å². The predicted octanol–water partition coefficient (Wildman–Crippen LogP) is 2.24. The Morgan fingerprint density at radius 3 is 2.25 bits per heavy atom. The van der Waals surface area contributed by atoms with Crippen molar-refractivity contribution in [3.05, 3.63) is 17.0 Å². The van der Waals surface area contributed by atoms with Crippen molar-refractivity contribution < 1.29 is 8.42 Å². The molecule has 0 fully saturated rings. The Morgan fingerprint density at radius 2 is 1.92 bits per heavy atom. The molecule has 0 unspecified atom stereocenters. The molecule has 0 spiro atoms. The van der Waals surface area contributed by atoms with Crippen molar-refractivity contribution in [2.45, 2.75) is 30.2 Å². The van der Waals surface area contributed by atoms with Gasteiger partial charge < -0.3 is 0 Å². The summed E-state index contributed by atoms with van der Waals surface area (Å²) in [6.45, 7) is 5.30. The maximum absolute atomic E-state index is 11.6. The van der Waals surface area contributed by atoms with E-state index in [2.05, 4.69) is 0 Å². The maximum Gasteiger partial charge on any atom is 0.190 e. The van der Waals surface area contributed by atoms with E-state index in [9.17, 15) is 8.42 Å². The molecule has 1 heterocycles. The molecule has 0 N–H and O–H groups in total. The van der Waals surface area contributed by atoms with Crippen molar-refractivity contribution in [2.75, 3.05) is 0 Å². The molecule has 0 aliphatic carbocycles. The highest BCUT2D eigenvalue weighted by atomic mass is 32.2. The first-order chi connectivity index (χ1) is 5.44. The van der Waals surface area contributed by atoms with Gasteiger partial charge >= 0.3 is 0 Å². The number of hydrogen-bond donors (Lipinski definition) is 0. The first-order valence-corrected chi connectivity index (χ1v) is 6.11. The molecule has 2 nitrogen and oxygen atoms in total. The minimum Gasteiger partial charge on any atom is -0.223 e. The lowest BCUT2D eigenvalue weighted by molar-refractivity contribution is 0.589. The normalized spacial score (nSPS) is 12.3. The van der Waals surface area contributed by atoms with Crippen molar-refractivity contribution in [1.82, 2.24) is 0 Å². The van der Waals surface area contributed by atoms with Gasteiger partial charge in [-0.3, -0.25) is 0 Å². The second-order valence-electron chi connectivity index (χ2n) is 2.96. The highest BCUT2D eigenvalue weighted by Crippen LogP contribution is 2.24. The van der Waals surface area contributed by atoms with Gasteiger partial charge in [-0.05, 0) is 32.9 Å². The van der Waals surface area contributed by atoms with Crippen molar-refractivity contribution in [2.24, 2.45) is 0 Å². The van der Waals surface area contributed by atoms with Crippen LogP contribution in [0, 0.1) is 6.92 Å². The third kappa shape index (κ3) is 1.69. The average molecular weight is 204 g/mol. The third-order valence-electron chi connectivity index (χ3n) is 1.62. The number of thiophene rings is 1. The van der Waals surface area contributed by atoms with E-state index < -0.39 is 9.84 Å². The van der Waals surface area contributed by atoms with Crippen molar-refractivity contribution in [3.63, 3.8) is 0 Å². The average Bonchev–Trinajstić information content (AvgIpc) is 2.35. The molecule has 4 heteroatoms. The molecule has 0 amide bonds. The maximum atomic E-state index is 11.6. The van der Waals surface area contributed by atoms with E-state index >= 15 is 0 Å². The molecule has 0 aromatic carbocycles. The first kappa shape index (κ1) is 9.74. The Hall–Kier alpha value is -0.350. The summed E-state index contributed by atoms with van der Waals surface area (Å²) in [5, 5.41) is -0.324. The fourth-order valence-electron chi connectivity index (χ4n) is 0.797. The molecule has 0 bridgehead atoms. The zero-order valence-corrected chi connectivity index (χ0v) is 9.00. The number of aryl methyl sites for hydroxylation is 1. The lowest BCUT2D eigenvalue weighted by Gasteiger charge is -2.03. The van der Waals surface area contributed by atoms with Crippen LogP contribution in [0.1, 0.15) is 18.7 Å². The highest BCUT2D eigenvalue weighted by molar-refractivity contribution is 7.94.